The first-order valence-electron chi connectivity index (χ1n) is 5.73. The van der Waals surface area contributed by atoms with Gasteiger partial charge in [0.1, 0.15) is 0 Å². The molecule has 0 unspecified atom stereocenters. The van der Waals surface area contributed by atoms with E-state index in [1.807, 2.05) is 24.4 Å². The summed E-state index contributed by atoms with van der Waals surface area (Å²) >= 11 is 1.58. The highest BCUT2D eigenvalue weighted by atomic mass is 32.2. The molecule has 4 nitrogen and oxygen atoms in total. The minimum Gasteiger partial charge on any atom is -0.317 e. The predicted molar refractivity (Wildman–Crippen MR) is 72.7 cm³/mol. The lowest BCUT2D eigenvalue weighted by atomic mass is 10.5. The van der Waals surface area contributed by atoms with E-state index >= 15 is 0 Å². The van der Waals surface area contributed by atoms with Gasteiger partial charge in [0.2, 0.25) is 10.0 Å². The van der Waals surface area contributed by atoms with Crippen molar-refractivity contribution in [1.82, 2.24) is 9.62 Å². The van der Waals surface area contributed by atoms with Gasteiger partial charge in [-0.05, 0) is 31.0 Å². The Bertz CT molecular complexity index is 401. The van der Waals surface area contributed by atoms with Crippen molar-refractivity contribution in [1.29, 1.82) is 0 Å². The van der Waals surface area contributed by atoms with Gasteiger partial charge in [-0.2, -0.15) is 4.31 Å². The van der Waals surface area contributed by atoms with Crippen LogP contribution >= 0.6 is 11.3 Å². The number of hydrogen-bond acceptors (Lipinski definition) is 4. The van der Waals surface area contributed by atoms with Gasteiger partial charge >= 0.3 is 0 Å². The maximum absolute atomic E-state index is 11.9. The summed E-state index contributed by atoms with van der Waals surface area (Å²) in [5.74, 6) is 0.210. The second-order valence-electron chi connectivity index (χ2n) is 3.86. The molecule has 1 aromatic heterocycles. The van der Waals surface area contributed by atoms with Crippen molar-refractivity contribution in [2.75, 3.05) is 25.9 Å². The van der Waals surface area contributed by atoms with Crippen molar-refractivity contribution < 1.29 is 8.42 Å². The third-order valence-corrected chi connectivity index (χ3v) is 5.18. The van der Waals surface area contributed by atoms with Crippen LogP contribution in [0.25, 0.3) is 0 Å². The van der Waals surface area contributed by atoms with E-state index in [1.54, 1.807) is 18.4 Å². The minimum absolute atomic E-state index is 0.210. The number of sulfonamides is 1. The Kier molecular flexibility index (Phi) is 6.11. The van der Waals surface area contributed by atoms with Crippen LogP contribution < -0.4 is 5.32 Å². The van der Waals surface area contributed by atoms with Crippen LogP contribution in [0.15, 0.2) is 17.5 Å². The first kappa shape index (κ1) is 14.6. The summed E-state index contributed by atoms with van der Waals surface area (Å²) in [4.78, 5) is 1.07. The SMILES string of the molecule is CCNCCCS(=O)(=O)N(C)Cc1cccs1. The van der Waals surface area contributed by atoms with E-state index in [9.17, 15) is 8.42 Å². The molecule has 0 aliphatic carbocycles. The molecule has 0 radical (unpaired) electrons. The minimum atomic E-state index is -3.12. The van der Waals surface area contributed by atoms with Gasteiger partial charge in [0, 0.05) is 18.5 Å². The Labute approximate surface area is 108 Å². The van der Waals surface area contributed by atoms with Crippen LogP contribution in [0.3, 0.4) is 0 Å². The standard InChI is InChI=1S/C11H20N2O2S2/c1-3-12-7-5-9-17(14,15)13(2)10-11-6-4-8-16-11/h4,6,8,12H,3,5,7,9-10H2,1-2H3. The van der Waals surface area contributed by atoms with Gasteiger partial charge in [-0.15, -0.1) is 11.3 Å². The Morgan fingerprint density at radius 3 is 2.82 bits per heavy atom. The molecule has 1 aromatic rings. The van der Waals surface area contributed by atoms with Gasteiger partial charge in [-0.1, -0.05) is 13.0 Å². The Morgan fingerprint density at radius 2 is 2.24 bits per heavy atom. The van der Waals surface area contributed by atoms with Gasteiger partial charge in [-0.3, -0.25) is 0 Å². The van der Waals surface area contributed by atoms with Gasteiger partial charge in [0.05, 0.1) is 5.75 Å². The molecule has 0 spiro atoms. The zero-order valence-electron chi connectivity index (χ0n) is 10.3. The number of nitrogens with zero attached hydrogens (tertiary/aromatic N) is 1. The summed E-state index contributed by atoms with van der Waals surface area (Å²) in [6.07, 6.45) is 0.658. The number of rotatable bonds is 8. The summed E-state index contributed by atoms with van der Waals surface area (Å²) in [7, 11) is -1.48. The Balaban J connectivity index is 2.41. The van der Waals surface area contributed by atoms with Crippen LogP contribution in [0, 0.1) is 0 Å². The average Bonchev–Trinajstić information content (AvgIpc) is 2.77. The van der Waals surface area contributed by atoms with Crippen molar-refractivity contribution >= 4 is 21.4 Å². The molecule has 6 heteroatoms. The van der Waals surface area contributed by atoms with Crippen molar-refractivity contribution in [2.24, 2.45) is 0 Å². The zero-order chi connectivity index (χ0) is 12.7. The lowest BCUT2D eigenvalue weighted by Crippen LogP contribution is -2.30. The van der Waals surface area contributed by atoms with E-state index in [0.717, 1.165) is 18.0 Å². The fraction of sp³-hybridized carbons (Fsp3) is 0.636. The van der Waals surface area contributed by atoms with E-state index in [2.05, 4.69) is 5.32 Å². The molecule has 0 saturated carbocycles. The molecule has 17 heavy (non-hydrogen) atoms. The van der Waals surface area contributed by atoms with E-state index in [0.29, 0.717) is 13.0 Å². The molecule has 1 rings (SSSR count). The largest absolute Gasteiger partial charge is 0.317 e. The smallest absolute Gasteiger partial charge is 0.214 e. The maximum Gasteiger partial charge on any atom is 0.214 e. The van der Waals surface area contributed by atoms with Crippen molar-refractivity contribution in [3.8, 4) is 0 Å². The molecule has 1 N–H and O–H groups in total. The van der Waals surface area contributed by atoms with Gasteiger partial charge in [-0.25, -0.2) is 8.42 Å². The number of hydrogen-bond donors (Lipinski definition) is 1. The van der Waals surface area contributed by atoms with Crippen molar-refractivity contribution in [3.05, 3.63) is 22.4 Å². The molecule has 0 amide bonds. The molecule has 0 bridgehead atoms. The van der Waals surface area contributed by atoms with Crippen molar-refractivity contribution in [3.63, 3.8) is 0 Å². The lowest BCUT2D eigenvalue weighted by Gasteiger charge is -2.16. The van der Waals surface area contributed by atoms with Crippen LogP contribution in [0.2, 0.25) is 0 Å². The molecule has 0 aromatic carbocycles. The van der Waals surface area contributed by atoms with Crippen LogP contribution in [0.5, 0.6) is 0 Å². The molecule has 1 heterocycles. The first-order chi connectivity index (χ1) is 8.06. The quantitative estimate of drug-likeness (QED) is 0.732. The number of thiophene rings is 1. The zero-order valence-corrected chi connectivity index (χ0v) is 12.0. The highest BCUT2D eigenvalue weighted by Crippen LogP contribution is 2.13. The van der Waals surface area contributed by atoms with Crippen LogP contribution in [0.1, 0.15) is 18.2 Å². The van der Waals surface area contributed by atoms with Crippen LogP contribution in [-0.2, 0) is 16.6 Å². The third-order valence-electron chi connectivity index (χ3n) is 2.44. The normalized spacial score (nSPS) is 12.2. The van der Waals surface area contributed by atoms with Crippen LogP contribution in [-0.4, -0.2) is 38.6 Å². The highest BCUT2D eigenvalue weighted by Gasteiger charge is 2.17. The average molecular weight is 276 g/mol. The van der Waals surface area contributed by atoms with E-state index in [4.69, 9.17) is 0 Å². The van der Waals surface area contributed by atoms with E-state index in [-0.39, 0.29) is 5.75 Å². The van der Waals surface area contributed by atoms with Crippen molar-refractivity contribution in [2.45, 2.75) is 19.9 Å². The summed E-state index contributed by atoms with van der Waals surface area (Å²) in [5.41, 5.74) is 0. The van der Waals surface area contributed by atoms with E-state index in [1.165, 1.54) is 4.31 Å². The third kappa shape index (κ3) is 5.16. The second kappa shape index (κ2) is 7.10. The molecule has 0 atom stereocenters. The lowest BCUT2D eigenvalue weighted by molar-refractivity contribution is 0.467. The van der Waals surface area contributed by atoms with Crippen LogP contribution in [0.4, 0.5) is 0 Å². The van der Waals surface area contributed by atoms with E-state index < -0.39 is 10.0 Å². The Morgan fingerprint density at radius 1 is 1.47 bits per heavy atom. The molecule has 0 saturated heterocycles. The highest BCUT2D eigenvalue weighted by molar-refractivity contribution is 7.89. The molecular weight excluding hydrogens is 256 g/mol. The fourth-order valence-electron chi connectivity index (χ4n) is 1.43. The summed E-state index contributed by atoms with van der Waals surface area (Å²) in [5, 5.41) is 5.08. The maximum atomic E-state index is 11.9. The van der Waals surface area contributed by atoms with Gasteiger partial charge < -0.3 is 5.32 Å². The van der Waals surface area contributed by atoms with Gasteiger partial charge in [0.25, 0.3) is 0 Å². The molecule has 98 valence electrons. The fourth-order valence-corrected chi connectivity index (χ4v) is 3.43. The predicted octanol–water partition coefficient (Wildman–Crippen LogP) is 1.51. The molecular formula is C11H20N2O2S2. The second-order valence-corrected chi connectivity index (χ2v) is 7.09. The molecule has 0 fully saturated rings. The summed E-state index contributed by atoms with van der Waals surface area (Å²) < 4.78 is 25.3. The monoisotopic (exact) mass is 276 g/mol. The Hall–Kier alpha value is -0.430. The molecule has 0 aliphatic heterocycles. The van der Waals surface area contributed by atoms with Gasteiger partial charge in [0.15, 0.2) is 0 Å². The summed E-state index contributed by atoms with van der Waals surface area (Å²) in [6.45, 7) is 4.12. The first-order valence-corrected chi connectivity index (χ1v) is 8.22. The topological polar surface area (TPSA) is 49.4 Å². The summed E-state index contributed by atoms with van der Waals surface area (Å²) in [6, 6.07) is 3.89. The molecule has 0 aliphatic rings. The number of nitrogens with one attached hydrogen (secondary N) is 1.